The van der Waals surface area contributed by atoms with Crippen LogP contribution in [-0.2, 0) is 9.53 Å². The van der Waals surface area contributed by atoms with Gasteiger partial charge in [-0.2, -0.15) is 0 Å². The molecule has 2 rings (SSSR count). The van der Waals surface area contributed by atoms with Gasteiger partial charge in [-0.3, -0.25) is 0 Å². The number of carbonyl (C=O) groups excluding carboxylic acids is 1. The first kappa shape index (κ1) is 13.8. The molecule has 0 fully saturated rings. The minimum atomic E-state index is -0.468. The molecule has 1 heterocycles. The Bertz CT molecular complexity index is 623. The van der Waals surface area contributed by atoms with Gasteiger partial charge >= 0.3 is 5.97 Å². The van der Waals surface area contributed by atoms with Crippen molar-refractivity contribution in [1.82, 2.24) is 0 Å². The molecule has 0 N–H and O–H groups in total. The molecule has 0 atom stereocenters. The van der Waals surface area contributed by atoms with Crippen molar-refractivity contribution in [3.63, 3.8) is 0 Å². The first-order valence-electron chi connectivity index (χ1n) is 6.00. The summed E-state index contributed by atoms with van der Waals surface area (Å²) in [5, 5.41) is 0. The van der Waals surface area contributed by atoms with Crippen molar-refractivity contribution in [3.8, 4) is 11.3 Å². The van der Waals surface area contributed by atoms with Gasteiger partial charge in [0.25, 0.3) is 0 Å². The molecule has 0 bridgehead atoms. The average molecular weight is 272 g/mol. The number of hydrogen-bond acceptors (Lipinski definition) is 3. The molecule has 20 heavy (non-hydrogen) atoms. The highest BCUT2D eigenvalue weighted by Gasteiger charge is 2.03. The normalized spacial score (nSPS) is 10.7. The summed E-state index contributed by atoms with van der Waals surface area (Å²) in [4.78, 5) is 11.2. The third kappa shape index (κ3) is 3.68. The van der Waals surface area contributed by atoms with Gasteiger partial charge < -0.3 is 9.15 Å². The fraction of sp³-hybridized carbons (Fsp3) is 0.0625. The summed E-state index contributed by atoms with van der Waals surface area (Å²) >= 11 is 0. The molecule has 0 aliphatic heterocycles. The standard InChI is InChI=1S/C16H13FO3/c1-2-11-19-16(18)10-8-14-7-9-15(20-14)12-3-5-13(17)6-4-12/h2-10H,1,11H2/b10-8+. The number of esters is 1. The Kier molecular flexibility index (Phi) is 4.50. The van der Waals surface area contributed by atoms with E-state index in [1.807, 2.05) is 0 Å². The van der Waals surface area contributed by atoms with E-state index in [1.165, 1.54) is 30.4 Å². The number of rotatable bonds is 5. The number of hydrogen-bond donors (Lipinski definition) is 0. The fourth-order valence-electron chi connectivity index (χ4n) is 1.55. The maximum Gasteiger partial charge on any atom is 0.331 e. The van der Waals surface area contributed by atoms with E-state index in [0.717, 1.165) is 5.56 Å². The van der Waals surface area contributed by atoms with E-state index in [9.17, 15) is 9.18 Å². The van der Waals surface area contributed by atoms with Gasteiger partial charge in [0.1, 0.15) is 23.9 Å². The van der Waals surface area contributed by atoms with E-state index in [4.69, 9.17) is 9.15 Å². The molecule has 0 aliphatic rings. The maximum atomic E-state index is 12.8. The van der Waals surface area contributed by atoms with Crippen LogP contribution < -0.4 is 0 Å². The van der Waals surface area contributed by atoms with Crippen LogP contribution in [0.5, 0.6) is 0 Å². The van der Waals surface area contributed by atoms with Gasteiger partial charge in [0.15, 0.2) is 0 Å². The first-order chi connectivity index (χ1) is 9.69. The minimum Gasteiger partial charge on any atom is -0.458 e. The zero-order valence-electron chi connectivity index (χ0n) is 10.7. The van der Waals surface area contributed by atoms with Gasteiger partial charge in [-0.1, -0.05) is 12.7 Å². The molecule has 0 saturated carbocycles. The Morgan fingerprint density at radius 2 is 2.00 bits per heavy atom. The Labute approximate surface area is 116 Å². The molecule has 1 aromatic carbocycles. The molecular weight excluding hydrogens is 259 g/mol. The maximum absolute atomic E-state index is 12.8. The topological polar surface area (TPSA) is 39.4 Å². The second-order valence-electron chi connectivity index (χ2n) is 3.96. The molecule has 4 heteroatoms. The van der Waals surface area contributed by atoms with Gasteiger partial charge in [0, 0.05) is 11.6 Å². The lowest BCUT2D eigenvalue weighted by atomic mass is 10.2. The Morgan fingerprint density at radius 3 is 2.70 bits per heavy atom. The molecule has 0 unspecified atom stereocenters. The zero-order chi connectivity index (χ0) is 14.4. The largest absolute Gasteiger partial charge is 0.458 e. The van der Waals surface area contributed by atoms with E-state index in [0.29, 0.717) is 11.5 Å². The molecule has 0 amide bonds. The second kappa shape index (κ2) is 6.52. The zero-order valence-corrected chi connectivity index (χ0v) is 10.7. The first-order valence-corrected chi connectivity index (χ1v) is 6.00. The Morgan fingerprint density at radius 1 is 1.25 bits per heavy atom. The van der Waals surface area contributed by atoms with E-state index >= 15 is 0 Å². The highest BCUT2D eigenvalue weighted by Crippen LogP contribution is 2.22. The second-order valence-corrected chi connectivity index (χ2v) is 3.96. The highest BCUT2D eigenvalue weighted by molar-refractivity contribution is 5.86. The van der Waals surface area contributed by atoms with Gasteiger partial charge in [0.2, 0.25) is 0 Å². The van der Waals surface area contributed by atoms with E-state index in [2.05, 4.69) is 6.58 Å². The number of benzene rings is 1. The smallest absolute Gasteiger partial charge is 0.331 e. The van der Waals surface area contributed by atoms with Crippen LogP contribution in [0.1, 0.15) is 5.76 Å². The van der Waals surface area contributed by atoms with Crippen molar-refractivity contribution in [2.24, 2.45) is 0 Å². The number of carbonyl (C=O) groups is 1. The lowest BCUT2D eigenvalue weighted by Crippen LogP contribution is -1.99. The van der Waals surface area contributed by atoms with Crippen LogP contribution in [0, 0.1) is 5.82 Å². The van der Waals surface area contributed by atoms with Crippen LogP contribution in [0.4, 0.5) is 4.39 Å². The molecule has 102 valence electrons. The number of furan rings is 1. The predicted octanol–water partition coefficient (Wildman–Crippen LogP) is 3.83. The number of ether oxygens (including phenoxy) is 1. The fourth-order valence-corrected chi connectivity index (χ4v) is 1.55. The van der Waals surface area contributed by atoms with Gasteiger partial charge in [-0.15, -0.1) is 0 Å². The summed E-state index contributed by atoms with van der Waals surface area (Å²) in [6, 6.07) is 9.44. The summed E-state index contributed by atoms with van der Waals surface area (Å²) in [5.74, 6) is 0.346. The van der Waals surface area contributed by atoms with Crippen molar-refractivity contribution in [2.45, 2.75) is 0 Å². The molecule has 0 spiro atoms. The van der Waals surface area contributed by atoms with Crippen LogP contribution in [-0.4, -0.2) is 12.6 Å². The van der Waals surface area contributed by atoms with Crippen molar-refractivity contribution in [1.29, 1.82) is 0 Å². The van der Waals surface area contributed by atoms with Gasteiger partial charge in [-0.05, 0) is 42.5 Å². The van der Waals surface area contributed by atoms with Crippen molar-refractivity contribution in [3.05, 3.63) is 66.7 Å². The summed E-state index contributed by atoms with van der Waals surface area (Å²) in [6.45, 7) is 3.62. The molecule has 0 radical (unpaired) electrons. The molecule has 0 saturated heterocycles. The summed E-state index contributed by atoms with van der Waals surface area (Å²) in [6.07, 6.45) is 4.28. The van der Waals surface area contributed by atoms with E-state index in [-0.39, 0.29) is 12.4 Å². The van der Waals surface area contributed by atoms with Gasteiger partial charge in [-0.25, -0.2) is 9.18 Å². The van der Waals surface area contributed by atoms with Crippen LogP contribution in [0.3, 0.4) is 0 Å². The monoisotopic (exact) mass is 272 g/mol. The molecule has 1 aromatic heterocycles. The Hall–Kier alpha value is -2.62. The van der Waals surface area contributed by atoms with Crippen LogP contribution in [0.25, 0.3) is 17.4 Å². The van der Waals surface area contributed by atoms with Crippen molar-refractivity contribution >= 4 is 12.0 Å². The molecule has 0 aliphatic carbocycles. The molecular formula is C16H13FO3. The Balaban J connectivity index is 2.05. The van der Waals surface area contributed by atoms with E-state index in [1.54, 1.807) is 24.3 Å². The number of halogens is 1. The van der Waals surface area contributed by atoms with Crippen molar-refractivity contribution in [2.75, 3.05) is 6.61 Å². The van der Waals surface area contributed by atoms with Crippen LogP contribution in [0.15, 0.2) is 59.5 Å². The average Bonchev–Trinajstić information content (AvgIpc) is 2.92. The summed E-state index contributed by atoms with van der Waals surface area (Å²) in [5.41, 5.74) is 0.764. The lowest BCUT2D eigenvalue weighted by molar-refractivity contribution is -0.136. The van der Waals surface area contributed by atoms with Gasteiger partial charge in [0.05, 0.1) is 0 Å². The highest BCUT2D eigenvalue weighted by atomic mass is 19.1. The van der Waals surface area contributed by atoms with Crippen LogP contribution in [0.2, 0.25) is 0 Å². The molecule has 2 aromatic rings. The third-order valence-electron chi connectivity index (χ3n) is 2.48. The van der Waals surface area contributed by atoms with Crippen LogP contribution >= 0.6 is 0 Å². The summed E-state index contributed by atoms with van der Waals surface area (Å²) < 4.78 is 23.1. The van der Waals surface area contributed by atoms with E-state index < -0.39 is 5.97 Å². The minimum absolute atomic E-state index is 0.169. The predicted molar refractivity (Wildman–Crippen MR) is 74.3 cm³/mol. The quantitative estimate of drug-likeness (QED) is 0.472. The third-order valence-corrected chi connectivity index (χ3v) is 2.48. The SMILES string of the molecule is C=CCOC(=O)/C=C/c1ccc(-c2ccc(F)cc2)o1. The van der Waals surface area contributed by atoms with Crippen molar-refractivity contribution < 1.29 is 18.3 Å². The summed E-state index contributed by atoms with van der Waals surface area (Å²) in [7, 11) is 0. The lowest BCUT2D eigenvalue weighted by Gasteiger charge is -1.96. The molecule has 3 nitrogen and oxygen atoms in total.